The van der Waals surface area contributed by atoms with Crippen molar-refractivity contribution in [2.75, 3.05) is 0 Å². The van der Waals surface area contributed by atoms with Gasteiger partial charge in [0.1, 0.15) is 4.21 Å². The Morgan fingerprint density at radius 1 is 1.25 bits per heavy atom. The van der Waals surface area contributed by atoms with Crippen LogP contribution in [0.15, 0.2) is 40.2 Å². The zero-order valence-electron chi connectivity index (χ0n) is 9.12. The molecule has 0 bridgehead atoms. The zero-order valence-corrected chi connectivity index (χ0v) is 10.8. The van der Waals surface area contributed by atoms with Gasteiger partial charge in [0.2, 0.25) is 0 Å². The second-order valence-electron chi connectivity index (χ2n) is 3.84. The number of hydrogen-bond donors (Lipinski definition) is 0. The molecule has 0 aromatic carbocycles. The molecular weight excluding hydrogens is 242 g/mol. The van der Waals surface area contributed by atoms with E-state index in [9.17, 15) is 8.42 Å². The van der Waals surface area contributed by atoms with Crippen molar-refractivity contribution in [1.82, 2.24) is 3.97 Å². The molecule has 0 saturated heterocycles. The maximum Gasteiger partial charge on any atom is 0.277 e. The molecule has 0 saturated carbocycles. The van der Waals surface area contributed by atoms with Crippen molar-refractivity contribution in [3.05, 3.63) is 41.5 Å². The Balaban J connectivity index is 2.57. The lowest BCUT2D eigenvalue weighted by Gasteiger charge is -2.08. The van der Waals surface area contributed by atoms with E-state index < -0.39 is 10.0 Å². The standard InChI is InChI=1S/C11H13NO2S2/c1-9(2)10-5-8-15-11(10)16(13,14)12-6-3-4-7-12/h3-9H,1-2H3. The molecule has 2 heterocycles. The van der Waals surface area contributed by atoms with Crippen LogP contribution in [0.5, 0.6) is 0 Å². The highest BCUT2D eigenvalue weighted by Crippen LogP contribution is 2.30. The van der Waals surface area contributed by atoms with E-state index in [1.165, 1.54) is 15.3 Å². The normalized spacial score (nSPS) is 12.2. The molecule has 0 atom stereocenters. The fourth-order valence-electron chi connectivity index (χ4n) is 1.52. The lowest BCUT2D eigenvalue weighted by molar-refractivity contribution is 0.588. The van der Waals surface area contributed by atoms with Crippen molar-refractivity contribution in [3.8, 4) is 0 Å². The lowest BCUT2D eigenvalue weighted by Crippen LogP contribution is -2.11. The summed E-state index contributed by atoms with van der Waals surface area (Å²) in [5.41, 5.74) is 0.888. The van der Waals surface area contributed by atoms with Gasteiger partial charge in [0.25, 0.3) is 10.0 Å². The van der Waals surface area contributed by atoms with Crippen molar-refractivity contribution in [3.63, 3.8) is 0 Å². The first-order chi connectivity index (χ1) is 7.53. The predicted octanol–water partition coefficient (Wildman–Crippen LogP) is 2.91. The molecular formula is C11H13NO2S2. The Morgan fingerprint density at radius 2 is 1.88 bits per heavy atom. The van der Waals surface area contributed by atoms with Crippen LogP contribution in [0, 0.1) is 0 Å². The molecule has 0 aliphatic carbocycles. The molecule has 2 rings (SSSR count). The van der Waals surface area contributed by atoms with Gasteiger partial charge in [0.05, 0.1) is 0 Å². The van der Waals surface area contributed by atoms with Gasteiger partial charge >= 0.3 is 0 Å². The summed E-state index contributed by atoms with van der Waals surface area (Å²) in [4.78, 5) is 0. The number of thiophene rings is 1. The van der Waals surface area contributed by atoms with Gasteiger partial charge in [-0.05, 0) is 35.1 Å². The molecule has 0 radical (unpaired) electrons. The van der Waals surface area contributed by atoms with Gasteiger partial charge in [-0.25, -0.2) is 3.97 Å². The minimum absolute atomic E-state index is 0.214. The lowest BCUT2D eigenvalue weighted by atomic mass is 10.1. The molecule has 16 heavy (non-hydrogen) atoms. The summed E-state index contributed by atoms with van der Waals surface area (Å²) >= 11 is 1.27. The SMILES string of the molecule is CC(C)c1ccsc1S(=O)(=O)n1cccc1. The van der Waals surface area contributed by atoms with E-state index in [0.717, 1.165) is 5.56 Å². The van der Waals surface area contributed by atoms with Crippen LogP contribution in [0.4, 0.5) is 0 Å². The summed E-state index contributed by atoms with van der Waals surface area (Å²) in [7, 11) is -3.39. The quantitative estimate of drug-likeness (QED) is 0.846. The van der Waals surface area contributed by atoms with E-state index in [1.54, 1.807) is 24.5 Å². The third-order valence-corrected chi connectivity index (χ3v) is 5.51. The molecule has 0 aliphatic rings. The molecule has 2 aromatic rings. The Hall–Kier alpha value is -1.07. The predicted molar refractivity (Wildman–Crippen MR) is 65.4 cm³/mol. The smallest absolute Gasteiger partial charge is 0.248 e. The van der Waals surface area contributed by atoms with Gasteiger partial charge in [-0.3, -0.25) is 0 Å². The van der Waals surface area contributed by atoms with Gasteiger partial charge in [-0.15, -0.1) is 11.3 Å². The fourth-order valence-corrected chi connectivity index (χ4v) is 4.46. The van der Waals surface area contributed by atoms with Crippen LogP contribution in [0.2, 0.25) is 0 Å². The summed E-state index contributed by atoms with van der Waals surface area (Å²) < 4.78 is 26.2. The number of hydrogen-bond acceptors (Lipinski definition) is 3. The monoisotopic (exact) mass is 255 g/mol. The van der Waals surface area contributed by atoms with Crippen LogP contribution in [0.1, 0.15) is 25.3 Å². The van der Waals surface area contributed by atoms with Crippen LogP contribution < -0.4 is 0 Å². The van der Waals surface area contributed by atoms with Gasteiger partial charge in [0.15, 0.2) is 0 Å². The van der Waals surface area contributed by atoms with Crippen molar-refractivity contribution < 1.29 is 8.42 Å². The second kappa shape index (κ2) is 4.07. The number of rotatable bonds is 3. The molecule has 0 fully saturated rings. The first-order valence-electron chi connectivity index (χ1n) is 4.99. The third kappa shape index (κ3) is 1.81. The van der Waals surface area contributed by atoms with E-state index in [0.29, 0.717) is 4.21 Å². The molecule has 0 unspecified atom stereocenters. The average molecular weight is 255 g/mol. The van der Waals surface area contributed by atoms with Gasteiger partial charge in [-0.1, -0.05) is 13.8 Å². The van der Waals surface area contributed by atoms with Crippen LogP contribution in [-0.2, 0) is 10.0 Å². The summed E-state index contributed by atoms with van der Waals surface area (Å²) in [6, 6.07) is 5.30. The van der Waals surface area contributed by atoms with E-state index >= 15 is 0 Å². The third-order valence-electron chi connectivity index (χ3n) is 2.37. The van der Waals surface area contributed by atoms with Crippen LogP contribution in [-0.4, -0.2) is 12.4 Å². The van der Waals surface area contributed by atoms with Gasteiger partial charge in [0, 0.05) is 12.4 Å². The highest BCUT2D eigenvalue weighted by Gasteiger charge is 2.22. The van der Waals surface area contributed by atoms with Crippen molar-refractivity contribution in [1.29, 1.82) is 0 Å². The Kier molecular flexibility index (Phi) is 2.90. The molecule has 0 aliphatic heterocycles. The fraction of sp³-hybridized carbons (Fsp3) is 0.273. The van der Waals surface area contributed by atoms with Crippen LogP contribution in [0.3, 0.4) is 0 Å². The second-order valence-corrected chi connectivity index (χ2v) is 6.79. The summed E-state index contributed by atoms with van der Waals surface area (Å²) in [5, 5.41) is 1.83. The molecule has 3 nitrogen and oxygen atoms in total. The van der Waals surface area contributed by atoms with Crippen LogP contribution >= 0.6 is 11.3 Å². The molecule has 0 amide bonds. The first-order valence-corrected chi connectivity index (χ1v) is 7.31. The van der Waals surface area contributed by atoms with Crippen molar-refractivity contribution >= 4 is 21.4 Å². The molecule has 86 valence electrons. The summed E-state index contributed by atoms with van der Waals surface area (Å²) in [6.45, 7) is 3.99. The number of nitrogens with zero attached hydrogens (tertiary/aromatic N) is 1. The maximum atomic E-state index is 12.3. The van der Waals surface area contributed by atoms with Crippen molar-refractivity contribution in [2.24, 2.45) is 0 Å². The van der Waals surface area contributed by atoms with E-state index in [2.05, 4.69) is 0 Å². The Labute approximate surface area is 99.4 Å². The topological polar surface area (TPSA) is 39.1 Å². The molecule has 0 spiro atoms. The Bertz CT molecular complexity index is 565. The molecule has 5 heteroatoms. The highest BCUT2D eigenvalue weighted by atomic mass is 32.2. The highest BCUT2D eigenvalue weighted by molar-refractivity contribution is 7.92. The van der Waals surface area contributed by atoms with Crippen molar-refractivity contribution in [2.45, 2.75) is 24.0 Å². The maximum absolute atomic E-state index is 12.3. The van der Waals surface area contributed by atoms with E-state index in [4.69, 9.17) is 0 Å². The van der Waals surface area contributed by atoms with Gasteiger partial charge < -0.3 is 0 Å². The number of aromatic nitrogens is 1. The van der Waals surface area contributed by atoms with E-state index in [1.807, 2.05) is 25.3 Å². The van der Waals surface area contributed by atoms with Gasteiger partial charge in [-0.2, -0.15) is 8.42 Å². The van der Waals surface area contributed by atoms with Crippen LogP contribution in [0.25, 0.3) is 0 Å². The minimum atomic E-state index is -3.39. The Morgan fingerprint density at radius 3 is 2.44 bits per heavy atom. The molecule has 2 aromatic heterocycles. The summed E-state index contributed by atoms with van der Waals surface area (Å²) in [5.74, 6) is 0.214. The zero-order chi connectivity index (χ0) is 11.8. The average Bonchev–Trinajstić information content (AvgIpc) is 2.89. The summed E-state index contributed by atoms with van der Waals surface area (Å²) in [6.07, 6.45) is 3.11. The largest absolute Gasteiger partial charge is 0.277 e. The minimum Gasteiger partial charge on any atom is -0.248 e. The van der Waals surface area contributed by atoms with E-state index in [-0.39, 0.29) is 5.92 Å². The first kappa shape index (κ1) is 11.4. The molecule has 0 N–H and O–H groups in total.